The van der Waals surface area contributed by atoms with Gasteiger partial charge < -0.3 is 9.64 Å². The molecular formula is C13H18N2O5. The first-order valence-corrected chi connectivity index (χ1v) is 6.75. The lowest BCUT2D eigenvalue weighted by Gasteiger charge is -2.28. The van der Waals surface area contributed by atoms with Crippen LogP contribution in [0.3, 0.4) is 0 Å². The lowest BCUT2D eigenvalue weighted by molar-refractivity contribution is -0.154. The maximum absolute atomic E-state index is 12.4. The topological polar surface area (TPSA) is 84.0 Å². The average Bonchev–Trinajstić information content (AvgIpc) is 3.03. The van der Waals surface area contributed by atoms with E-state index in [1.54, 1.807) is 0 Å². The van der Waals surface area contributed by atoms with Crippen LogP contribution in [-0.2, 0) is 23.9 Å². The molecule has 0 bridgehead atoms. The summed E-state index contributed by atoms with van der Waals surface area (Å²) in [6, 6.07) is -0.917. The molecule has 2 saturated heterocycles. The fourth-order valence-electron chi connectivity index (χ4n) is 2.63. The number of imide groups is 1. The smallest absolute Gasteiger partial charge is 0.308 e. The molecule has 0 aromatic carbocycles. The fraction of sp³-hybridized carbons (Fsp3) is 0.692. The summed E-state index contributed by atoms with van der Waals surface area (Å²) in [6.45, 7) is 0.797. The zero-order valence-electron chi connectivity index (χ0n) is 11.5. The van der Waals surface area contributed by atoms with Crippen LogP contribution in [0.5, 0.6) is 0 Å². The van der Waals surface area contributed by atoms with E-state index in [-0.39, 0.29) is 18.2 Å². The van der Waals surface area contributed by atoms with E-state index >= 15 is 0 Å². The van der Waals surface area contributed by atoms with Gasteiger partial charge in [-0.15, -0.1) is 0 Å². The van der Waals surface area contributed by atoms with Crippen molar-refractivity contribution in [2.75, 3.05) is 20.2 Å². The van der Waals surface area contributed by atoms with Gasteiger partial charge in [-0.3, -0.25) is 24.1 Å². The average molecular weight is 282 g/mol. The zero-order valence-corrected chi connectivity index (χ0v) is 11.5. The molecule has 2 heterocycles. The number of carbonyl (C=O) groups excluding carboxylic acids is 4. The van der Waals surface area contributed by atoms with Crippen molar-refractivity contribution in [2.45, 2.75) is 38.1 Å². The predicted octanol–water partition coefficient (Wildman–Crippen LogP) is -0.310. The fourth-order valence-corrected chi connectivity index (χ4v) is 2.63. The molecule has 7 nitrogen and oxygen atoms in total. The van der Waals surface area contributed by atoms with Gasteiger partial charge in [0.25, 0.3) is 5.91 Å². The molecule has 20 heavy (non-hydrogen) atoms. The molecule has 1 unspecified atom stereocenters. The standard InChI is InChI=1S/C13H18N2O5/c1-20-12(18)8-9(14-6-2-4-10(14)16)13(19)15-7-3-5-11(15)17/h9H,2-8H2,1H3. The lowest BCUT2D eigenvalue weighted by Crippen LogP contribution is -2.50. The van der Waals surface area contributed by atoms with E-state index in [0.717, 1.165) is 4.90 Å². The molecule has 1 atom stereocenters. The Morgan fingerprint density at radius 2 is 1.80 bits per heavy atom. The van der Waals surface area contributed by atoms with E-state index < -0.39 is 17.9 Å². The van der Waals surface area contributed by atoms with Crippen molar-refractivity contribution in [2.24, 2.45) is 0 Å². The minimum Gasteiger partial charge on any atom is -0.469 e. The molecule has 110 valence electrons. The summed E-state index contributed by atoms with van der Waals surface area (Å²) in [5.41, 5.74) is 0. The molecule has 0 aliphatic carbocycles. The Balaban J connectivity index is 2.16. The SMILES string of the molecule is COC(=O)CC(C(=O)N1CCCC1=O)N1CCCC1=O. The summed E-state index contributed by atoms with van der Waals surface area (Å²) in [5.74, 6) is -1.42. The highest BCUT2D eigenvalue weighted by Gasteiger charge is 2.39. The van der Waals surface area contributed by atoms with Gasteiger partial charge in [0, 0.05) is 25.9 Å². The maximum Gasteiger partial charge on any atom is 0.308 e. The van der Waals surface area contributed by atoms with Crippen molar-refractivity contribution in [1.29, 1.82) is 0 Å². The third-order valence-corrected chi connectivity index (χ3v) is 3.70. The van der Waals surface area contributed by atoms with Gasteiger partial charge in [0.2, 0.25) is 11.8 Å². The number of nitrogens with zero attached hydrogens (tertiary/aromatic N) is 2. The molecule has 0 radical (unpaired) electrons. The van der Waals surface area contributed by atoms with E-state index in [1.807, 2.05) is 0 Å². The molecule has 7 heteroatoms. The molecule has 0 aromatic heterocycles. The van der Waals surface area contributed by atoms with Gasteiger partial charge in [0.15, 0.2) is 0 Å². The molecule has 2 aliphatic heterocycles. The van der Waals surface area contributed by atoms with Gasteiger partial charge in [-0.25, -0.2) is 0 Å². The van der Waals surface area contributed by atoms with E-state index in [1.165, 1.54) is 12.0 Å². The Kier molecular flexibility index (Phi) is 4.36. The van der Waals surface area contributed by atoms with Crippen LogP contribution < -0.4 is 0 Å². The number of likely N-dealkylation sites (tertiary alicyclic amines) is 2. The third-order valence-electron chi connectivity index (χ3n) is 3.70. The highest BCUT2D eigenvalue weighted by molar-refractivity contribution is 6.01. The van der Waals surface area contributed by atoms with Crippen LogP contribution in [0.2, 0.25) is 0 Å². The van der Waals surface area contributed by atoms with E-state index in [2.05, 4.69) is 4.74 Å². The van der Waals surface area contributed by atoms with Crippen molar-refractivity contribution in [3.63, 3.8) is 0 Å². The van der Waals surface area contributed by atoms with Crippen LogP contribution in [0.4, 0.5) is 0 Å². The first-order valence-electron chi connectivity index (χ1n) is 6.75. The summed E-state index contributed by atoms with van der Waals surface area (Å²) in [7, 11) is 1.23. The zero-order chi connectivity index (χ0) is 14.7. The number of hydrogen-bond acceptors (Lipinski definition) is 5. The van der Waals surface area contributed by atoms with Crippen molar-refractivity contribution in [1.82, 2.24) is 9.80 Å². The number of amides is 3. The number of methoxy groups -OCH3 is 1. The lowest BCUT2D eigenvalue weighted by atomic mass is 10.1. The van der Waals surface area contributed by atoms with Crippen LogP contribution in [-0.4, -0.2) is 59.7 Å². The monoisotopic (exact) mass is 282 g/mol. The van der Waals surface area contributed by atoms with Crippen molar-refractivity contribution in [3.8, 4) is 0 Å². The largest absolute Gasteiger partial charge is 0.469 e. The second-order valence-corrected chi connectivity index (χ2v) is 4.97. The van der Waals surface area contributed by atoms with E-state index in [0.29, 0.717) is 38.8 Å². The Hall–Kier alpha value is -1.92. The summed E-state index contributed by atoms with van der Waals surface area (Å²) in [5, 5.41) is 0. The quantitative estimate of drug-likeness (QED) is 0.660. The number of rotatable bonds is 4. The third kappa shape index (κ3) is 2.81. The highest BCUT2D eigenvalue weighted by atomic mass is 16.5. The Labute approximate surface area is 116 Å². The van der Waals surface area contributed by atoms with Crippen molar-refractivity contribution < 1.29 is 23.9 Å². The van der Waals surface area contributed by atoms with Gasteiger partial charge in [-0.05, 0) is 12.8 Å². The van der Waals surface area contributed by atoms with E-state index in [9.17, 15) is 19.2 Å². The normalized spacial score (nSPS) is 20.4. The Morgan fingerprint density at radius 3 is 2.30 bits per heavy atom. The molecule has 0 aromatic rings. The first kappa shape index (κ1) is 14.5. The number of ether oxygens (including phenoxy) is 1. The minimum atomic E-state index is -0.917. The van der Waals surface area contributed by atoms with Gasteiger partial charge >= 0.3 is 5.97 Å². The van der Waals surface area contributed by atoms with Crippen molar-refractivity contribution in [3.05, 3.63) is 0 Å². The van der Waals surface area contributed by atoms with E-state index in [4.69, 9.17) is 0 Å². The molecule has 0 N–H and O–H groups in total. The number of hydrogen-bond donors (Lipinski definition) is 0. The summed E-state index contributed by atoms with van der Waals surface area (Å²) in [4.78, 5) is 49.9. The van der Waals surface area contributed by atoms with Crippen LogP contribution in [0.25, 0.3) is 0 Å². The molecule has 0 spiro atoms. The summed E-state index contributed by atoms with van der Waals surface area (Å²) in [6.07, 6.45) is 1.80. The van der Waals surface area contributed by atoms with Crippen LogP contribution in [0, 0.1) is 0 Å². The van der Waals surface area contributed by atoms with Gasteiger partial charge in [-0.1, -0.05) is 0 Å². The Morgan fingerprint density at radius 1 is 1.15 bits per heavy atom. The molecular weight excluding hydrogens is 264 g/mol. The maximum atomic E-state index is 12.4. The summed E-state index contributed by atoms with van der Waals surface area (Å²) >= 11 is 0. The predicted molar refractivity (Wildman–Crippen MR) is 67.3 cm³/mol. The highest BCUT2D eigenvalue weighted by Crippen LogP contribution is 2.21. The van der Waals surface area contributed by atoms with Gasteiger partial charge in [0.05, 0.1) is 13.5 Å². The molecule has 2 rings (SSSR count). The second-order valence-electron chi connectivity index (χ2n) is 4.97. The molecule has 2 aliphatic rings. The Bertz CT molecular complexity index is 448. The molecule has 3 amide bonds. The van der Waals surface area contributed by atoms with Gasteiger partial charge in [0.1, 0.15) is 6.04 Å². The molecule has 0 saturated carbocycles. The van der Waals surface area contributed by atoms with Crippen LogP contribution >= 0.6 is 0 Å². The van der Waals surface area contributed by atoms with Crippen LogP contribution in [0.1, 0.15) is 32.1 Å². The molecule has 2 fully saturated rings. The first-order chi connectivity index (χ1) is 9.54. The van der Waals surface area contributed by atoms with Crippen LogP contribution in [0.15, 0.2) is 0 Å². The minimum absolute atomic E-state index is 0.154. The number of carbonyl (C=O) groups is 4. The second kappa shape index (κ2) is 6.02. The van der Waals surface area contributed by atoms with Crippen molar-refractivity contribution >= 4 is 23.7 Å². The number of esters is 1. The van der Waals surface area contributed by atoms with Gasteiger partial charge in [-0.2, -0.15) is 0 Å². The summed E-state index contributed by atoms with van der Waals surface area (Å²) < 4.78 is 4.58.